The Morgan fingerprint density at radius 3 is 2.50 bits per heavy atom. The predicted molar refractivity (Wildman–Crippen MR) is 66.3 cm³/mol. The van der Waals surface area contributed by atoms with E-state index in [0.29, 0.717) is 5.92 Å². The van der Waals surface area contributed by atoms with Gasteiger partial charge in [-0.25, -0.2) is 0 Å². The van der Waals surface area contributed by atoms with Gasteiger partial charge in [-0.15, -0.1) is 0 Å². The van der Waals surface area contributed by atoms with E-state index in [9.17, 15) is 0 Å². The molecular formula is C15H16O. The van der Waals surface area contributed by atoms with Crippen LogP contribution in [0.4, 0.5) is 0 Å². The molecule has 1 unspecified atom stereocenters. The highest BCUT2D eigenvalue weighted by Gasteiger charge is 2.25. The SMILES string of the molecule is CC(C)C1OCc2cc3ccccc3cc21. The summed E-state index contributed by atoms with van der Waals surface area (Å²) in [6.45, 7) is 5.20. The molecule has 0 aromatic heterocycles. The van der Waals surface area contributed by atoms with Crippen LogP contribution in [0, 0.1) is 5.92 Å². The van der Waals surface area contributed by atoms with Gasteiger partial charge in [0.05, 0.1) is 12.7 Å². The Balaban J connectivity index is 2.19. The minimum absolute atomic E-state index is 0.277. The molecule has 1 heteroatoms. The summed E-state index contributed by atoms with van der Waals surface area (Å²) in [5, 5.41) is 2.63. The molecular weight excluding hydrogens is 196 g/mol. The van der Waals surface area contributed by atoms with Crippen molar-refractivity contribution in [1.82, 2.24) is 0 Å². The zero-order valence-corrected chi connectivity index (χ0v) is 9.73. The molecule has 0 radical (unpaired) electrons. The number of hydrogen-bond donors (Lipinski definition) is 0. The topological polar surface area (TPSA) is 9.23 Å². The summed E-state index contributed by atoms with van der Waals surface area (Å²) in [4.78, 5) is 0. The van der Waals surface area contributed by atoms with Crippen LogP contribution in [-0.4, -0.2) is 0 Å². The van der Waals surface area contributed by atoms with Crippen LogP contribution in [0.5, 0.6) is 0 Å². The molecule has 1 heterocycles. The van der Waals surface area contributed by atoms with Gasteiger partial charge in [-0.2, -0.15) is 0 Å². The van der Waals surface area contributed by atoms with Crippen LogP contribution < -0.4 is 0 Å². The lowest BCUT2D eigenvalue weighted by atomic mass is 9.94. The van der Waals surface area contributed by atoms with Crippen molar-refractivity contribution in [2.45, 2.75) is 26.6 Å². The molecule has 0 aliphatic carbocycles. The molecule has 1 atom stereocenters. The smallest absolute Gasteiger partial charge is 0.0856 e. The molecule has 0 fully saturated rings. The van der Waals surface area contributed by atoms with Crippen molar-refractivity contribution in [3.05, 3.63) is 47.5 Å². The average Bonchev–Trinajstić information content (AvgIpc) is 2.68. The van der Waals surface area contributed by atoms with Gasteiger partial charge in [-0.1, -0.05) is 38.1 Å². The Kier molecular flexibility index (Phi) is 2.22. The van der Waals surface area contributed by atoms with Crippen LogP contribution >= 0.6 is 0 Å². The fourth-order valence-electron chi connectivity index (χ4n) is 2.52. The summed E-state index contributed by atoms with van der Waals surface area (Å²) < 4.78 is 5.86. The first-order valence-corrected chi connectivity index (χ1v) is 5.89. The minimum atomic E-state index is 0.277. The molecule has 1 aliphatic heterocycles. The highest BCUT2D eigenvalue weighted by molar-refractivity contribution is 5.84. The largest absolute Gasteiger partial charge is 0.369 e. The second kappa shape index (κ2) is 3.60. The molecule has 0 amide bonds. The molecule has 0 saturated heterocycles. The van der Waals surface area contributed by atoms with Crippen LogP contribution in [0.2, 0.25) is 0 Å². The lowest BCUT2D eigenvalue weighted by Gasteiger charge is -2.15. The van der Waals surface area contributed by atoms with Crippen LogP contribution in [0.25, 0.3) is 10.8 Å². The van der Waals surface area contributed by atoms with Crippen LogP contribution in [0.15, 0.2) is 36.4 Å². The number of fused-ring (bicyclic) bond motifs is 2. The number of rotatable bonds is 1. The fraction of sp³-hybridized carbons (Fsp3) is 0.333. The van der Waals surface area contributed by atoms with Crippen molar-refractivity contribution in [1.29, 1.82) is 0 Å². The Morgan fingerprint density at radius 2 is 1.81 bits per heavy atom. The average molecular weight is 212 g/mol. The van der Waals surface area contributed by atoms with Gasteiger partial charge >= 0.3 is 0 Å². The summed E-state index contributed by atoms with van der Waals surface area (Å²) in [5.41, 5.74) is 2.74. The molecule has 0 saturated carbocycles. The summed E-state index contributed by atoms with van der Waals surface area (Å²) in [6, 6.07) is 13.1. The van der Waals surface area contributed by atoms with Gasteiger partial charge in [0, 0.05) is 0 Å². The van der Waals surface area contributed by atoms with Gasteiger partial charge in [0.2, 0.25) is 0 Å². The summed E-state index contributed by atoms with van der Waals surface area (Å²) in [5.74, 6) is 0.544. The van der Waals surface area contributed by atoms with Crippen molar-refractivity contribution in [2.24, 2.45) is 5.92 Å². The number of benzene rings is 2. The van der Waals surface area contributed by atoms with E-state index in [0.717, 1.165) is 6.61 Å². The summed E-state index contributed by atoms with van der Waals surface area (Å²) in [7, 11) is 0. The fourth-order valence-corrected chi connectivity index (χ4v) is 2.52. The van der Waals surface area contributed by atoms with Crippen molar-refractivity contribution in [3.8, 4) is 0 Å². The Hall–Kier alpha value is -1.34. The van der Waals surface area contributed by atoms with E-state index in [-0.39, 0.29) is 6.10 Å². The third kappa shape index (κ3) is 1.43. The highest BCUT2D eigenvalue weighted by Crippen LogP contribution is 2.37. The summed E-state index contributed by atoms with van der Waals surface area (Å²) >= 11 is 0. The second-order valence-electron chi connectivity index (χ2n) is 4.87. The Morgan fingerprint density at radius 1 is 1.12 bits per heavy atom. The zero-order valence-electron chi connectivity index (χ0n) is 9.73. The molecule has 2 aromatic rings. The first-order chi connectivity index (χ1) is 7.75. The second-order valence-corrected chi connectivity index (χ2v) is 4.87. The maximum Gasteiger partial charge on any atom is 0.0856 e. The van der Waals surface area contributed by atoms with E-state index < -0.39 is 0 Å². The maximum atomic E-state index is 5.86. The molecule has 1 aliphatic rings. The molecule has 2 aromatic carbocycles. The molecule has 3 rings (SSSR count). The van der Waals surface area contributed by atoms with E-state index in [1.807, 2.05) is 0 Å². The first-order valence-electron chi connectivity index (χ1n) is 5.89. The highest BCUT2D eigenvalue weighted by atomic mass is 16.5. The van der Waals surface area contributed by atoms with Crippen molar-refractivity contribution < 1.29 is 4.74 Å². The van der Waals surface area contributed by atoms with E-state index in [2.05, 4.69) is 50.2 Å². The predicted octanol–water partition coefficient (Wildman–Crippen LogP) is 4.07. The third-order valence-electron chi connectivity index (χ3n) is 3.34. The normalized spacial score (nSPS) is 19.3. The van der Waals surface area contributed by atoms with Crippen LogP contribution in [0.3, 0.4) is 0 Å². The van der Waals surface area contributed by atoms with Gasteiger partial charge in [0.15, 0.2) is 0 Å². The van der Waals surface area contributed by atoms with Gasteiger partial charge in [-0.3, -0.25) is 0 Å². The van der Waals surface area contributed by atoms with Gasteiger partial charge in [0.1, 0.15) is 0 Å². The van der Waals surface area contributed by atoms with Crippen LogP contribution in [-0.2, 0) is 11.3 Å². The van der Waals surface area contributed by atoms with E-state index in [1.165, 1.54) is 21.9 Å². The van der Waals surface area contributed by atoms with Gasteiger partial charge in [0.25, 0.3) is 0 Å². The van der Waals surface area contributed by atoms with Crippen molar-refractivity contribution in [3.63, 3.8) is 0 Å². The van der Waals surface area contributed by atoms with Gasteiger partial charge < -0.3 is 4.74 Å². The minimum Gasteiger partial charge on any atom is -0.369 e. The molecule has 1 nitrogen and oxygen atoms in total. The van der Waals surface area contributed by atoms with E-state index in [1.54, 1.807) is 0 Å². The lowest BCUT2D eigenvalue weighted by molar-refractivity contribution is 0.0341. The van der Waals surface area contributed by atoms with E-state index in [4.69, 9.17) is 4.74 Å². The molecule has 0 bridgehead atoms. The van der Waals surface area contributed by atoms with Crippen molar-refractivity contribution >= 4 is 10.8 Å². The quantitative estimate of drug-likeness (QED) is 0.692. The summed E-state index contributed by atoms with van der Waals surface area (Å²) in [6.07, 6.45) is 0.277. The Bertz CT molecular complexity index is 528. The third-order valence-corrected chi connectivity index (χ3v) is 3.34. The zero-order chi connectivity index (χ0) is 11.1. The maximum absolute atomic E-state index is 5.86. The van der Waals surface area contributed by atoms with Crippen LogP contribution in [0.1, 0.15) is 31.1 Å². The van der Waals surface area contributed by atoms with Crippen molar-refractivity contribution in [2.75, 3.05) is 0 Å². The first kappa shape index (κ1) is 9.86. The Labute approximate surface area is 96.0 Å². The van der Waals surface area contributed by atoms with Gasteiger partial charge in [-0.05, 0) is 39.9 Å². The number of hydrogen-bond acceptors (Lipinski definition) is 1. The molecule has 82 valence electrons. The molecule has 0 spiro atoms. The lowest BCUT2D eigenvalue weighted by Crippen LogP contribution is -2.04. The standard InChI is InChI=1S/C15H16O/c1-10(2)15-14-8-12-6-4-3-5-11(12)7-13(14)9-16-15/h3-8,10,15H,9H2,1-2H3. The number of ether oxygens (including phenoxy) is 1. The molecule has 16 heavy (non-hydrogen) atoms. The van der Waals surface area contributed by atoms with E-state index >= 15 is 0 Å². The monoisotopic (exact) mass is 212 g/mol. The molecule has 0 N–H and O–H groups in total.